The van der Waals surface area contributed by atoms with Gasteiger partial charge in [-0.15, -0.1) is 0 Å². The first-order valence-electron chi connectivity index (χ1n) is 7.76. The SMILES string of the molecule is NC(=S)c1ncn2c1CN(C(=O)N1CCOCC1)c1ccccc1-2. The van der Waals surface area contributed by atoms with Gasteiger partial charge in [0.15, 0.2) is 0 Å². The Labute approximate surface area is 144 Å². The van der Waals surface area contributed by atoms with Gasteiger partial charge in [-0.2, -0.15) is 0 Å². The van der Waals surface area contributed by atoms with Gasteiger partial charge in [0, 0.05) is 13.1 Å². The smallest absolute Gasteiger partial charge is 0.325 e. The van der Waals surface area contributed by atoms with Crippen molar-refractivity contribution in [1.82, 2.24) is 14.5 Å². The number of thiocarbonyl (C=S) groups is 1. The summed E-state index contributed by atoms with van der Waals surface area (Å²) >= 11 is 5.10. The van der Waals surface area contributed by atoms with Crippen LogP contribution < -0.4 is 10.6 Å². The number of fused-ring (bicyclic) bond motifs is 3. The molecule has 4 rings (SSSR count). The number of morpholine rings is 1. The molecule has 0 radical (unpaired) electrons. The highest BCUT2D eigenvalue weighted by atomic mass is 32.1. The number of urea groups is 1. The maximum atomic E-state index is 13.0. The van der Waals surface area contributed by atoms with E-state index in [-0.39, 0.29) is 11.0 Å². The fourth-order valence-electron chi connectivity index (χ4n) is 3.17. The number of carbonyl (C=O) groups is 1. The second-order valence-corrected chi connectivity index (χ2v) is 6.17. The van der Waals surface area contributed by atoms with E-state index in [1.165, 1.54) is 0 Å². The third-order valence-electron chi connectivity index (χ3n) is 4.35. The number of nitrogens with two attached hydrogens (primary N) is 1. The number of benzene rings is 1. The van der Waals surface area contributed by atoms with E-state index in [9.17, 15) is 4.79 Å². The van der Waals surface area contributed by atoms with Gasteiger partial charge in [-0.25, -0.2) is 9.78 Å². The Morgan fingerprint density at radius 3 is 2.62 bits per heavy atom. The first-order valence-corrected chi connectivity index (χ1v) is 8.17. The zero-order chi connectivity index (χ0) is 16.7. The number of carbonyl (C=O) groups excluding carboxylic acids is 1. The van der Waals surface area contributed by atoms with E-state index in [4.69, 9.17) is 22.7 Å². The highest BCUT2D eigenvalue weighted by Crippen LogP contribution is 2.33. The maximum absolute atomic E-state index is 13.0. The minimum Gasteiger partial charge on any atom is -0.388 e. The van der Waals surface area contributed by atoms with Crippen LogP contribution in [0.1, 0.15) is 11.4 Å². The molecule has 0 unspecified atom stereocenters. The summed E-state index contributed by atoms with van der Waals surface area (Å²) in [5, 5.41) is 0. The van der Waals surface area contributed by atoms with Gasteiger partial charge in [0.1, 0.15) is 17.0 Å². The van der Waals surface area contributed by atoms with Gasteiger partial charge >= 0.3 is 6.03 Å². The molecule has 0 bridgehead atoms. The van der Waals surface area contributed by atoms with Gasteiger partial charge in [-0.3, -0.25) is 9.47 Å². The van der Waals surface area contributed by atoms with Crippen molar-refractivity contribution in [3.8, 4) is 5.69 Å². The van der Waals surface area contributed by atoms with E-state index in [0.717, 1.165) is 17.1 Å². The molecule has 1 saturated heterocycles. The van der Waals surface area contributed by atoms with Crippen molar-refractivity contribution in [2.75, 3.05) is 31.2 Å². The number of aromatic nitrogens is 2. The summed E-state index contributed by atoms with van der Waals surface area (Å²) in [5.74, 6) is 0. The normalized spacial score (nSPS) is 16.5. The number of para-hydroxylation sites is 2. The number of anilines is 1. The number of hydrogen-bond donors (Lipinski definition) is 1. The minimum atomic E-state index is -0.0351. The topological polar surface area (TPSA) is 76.6 Å². The molecule has 124 valence electrons. The van der Waals surface area contributed by atoms with Crippen molar-refractivity contribution in [2.45, 2.75) is 6.54 Å². The van der Waals surface area contributed by atoms with Crippen LogP contribution in [0.5, 0.6) is 0 Å². The molecule has 2 aliphatic heterocycles. The van der Waals surface area contributed by atoms with Gasteiger partial charge in [-0.05, 0) is 12.1 Å². The molecule has 2 aliphatic rings. The number of rotatable bonds is 1. The lowest BCUT2D eigenvalue weighted by atomic mass is 10.1. The van der Waals surface area contributed by atoms with Crippen LogP contribution >= 0.6 is 12.2 Å². The Hall–Kier alpha value is -2.45. The van der Waals surface area contributed by atoms with E-state index in [1.54, 1.807) is 11.2 Å². The quantitative estimate of drug-likeness (QED) is 0.790. The van der Waals surface area contributed by atoms with Gasteiger partial charge in [0.25, 0.3) is 0 Å². The van der Waals surface area contributed by atoms with Crippen LogP contribution in [-0.4, -0.2) is 51.8 Å². The van der Waals surface area contributed by atoms with Gasteiger partial charge in [-0.1, -0.05) is 24.4 Å². The van der Waals surface area contributed by atoms with E-state index in [2.05, 4.69) is 4.98 Å². The largest absolute Gasteiger partial charge is 0.388 e. The lowest BCUT2D eigenvalue weighted by Gasteiger charge is -2.36. The predicted molar refractivity (Wildman–Crippen MR) is 93.4 cm³/mol. The second-order valence-electron chi connectivity index (χ2n) is 5.73. The molecule has 7 nitrogen and oxygen atoms in total. The monoisotopic (exact) mass is 343 g/mol. The van der Waals surface area contributed by atoms with Crippen molar-refractivity contribution in [1.29, 1.82) is 0 Å². The molecular formula is C16H17N5O2S. The molecule has 2 aromatic rings. The van der Waals surface area contributed by atoms with E-state index >= 15 is 0 Å². The molecule has 2 amide bonds. The molecule has 2 N–H and O–H groups in total. The molecule has 8 heteroatoms. The highest BCUT2D eigenvalue weighted by Gasteiger charge is 2.32. The first-order chi connectivity index (χ1) is 11.7. The maximum Gasteiger partial charge on any atom is 0.325 e. The van der Waals surface area contributed by atoms with E-state index in [0.29, 0.717) is 38.5 Å². The van der Waals surface area contributed by atoms with Crippen molar-refractivity contribution in [3.63, 3.8) is 0 Å². The number of imidazole rings is 1. The van der Waals surface area contributed by atoms with Crippen LogP contribution in [0, 0.1) is 0 Å². The van der Waals surface area contributed by atoms with Crippen LogP contribution in [-0.2, 0) is 11.3 Å². The van der Waals surface area contributed by atoms with Crippen LogP contribution in [0.3, 0.4) is 0 Å². The van der Waals surface area contributed by atoms with E-state index in [1.807, 2.05) is 33.7 Å². The Morgan fingerprint density at radius 1 is 1.21 bits per heavy atom. The lowest BCUT2D eigenvalue weighted by Crippen LogP contribution is -2.49. The Bertz CT molecular complexity index is 813. The summed E-state index contributed by atoms with van der Waals surface area (Å²) in [6.45, 7) is 2.71. The highest BCUT2D eigenvalue weighted by molar-refractivity contribution is 7.80. The summed E-state index contributed by atoms with van der Waals surface area (Å²) in [6.07, 6.45) is 1.71. The predicted octanol–water partition coefficient (Wildman–Crippen LogP) is 1.28. The summed E-state index contributed by atoms with van der Waals surface area (Å²) in [6, 6.07) is 7.73. The van der Waals surface area contributed by atoms with Gasteiger partial charge in [0.05, 0.1) is 36.8 Å². The molecular weight excluding hydrogens is 326 g/mol. The van der Waals surface area contributed by atoms with Crippen LogP contribution in [0.2, 0.25) is 0 Å². The van der Waals surface area contributed by atoms with E-state index < -0.39 is 0 Å². The molecule has 1 fully saturated rings. The Balaban J connectivity index is 1.77. The third-order valence-corrected chi connectivity index (χ3v) is 4.55. The summed E-state index contributed by atoms with van der Waals surface area (Å²) < 4.78 is 7.29. The number of ether oxygens (including phenoxy) is 1. The number of hydrogen-bond acceptors (Lipinski definition) is 4. The van der Waals surface area contributed by atoms with Crippen molar-refractivity contribution in [2.24, 2.45) is 5.73 Å². The average molecular weight is 343 g/mol. The van der Waals surface area contributed by atoms with Crippen LogP contribution in [0.4, 0.5) is 10.5 Å². The Morgan fingerprint density at radius 2 is 1.92 bits per heavy atom. The molecule has 0 aliphatic carbocycles. The van der Waals surface area contributed by atoms with Crippen LogP contribution in [0.15, 0.2) is 30.6 Å². The van der Waals surface area contributed by atoms with Crippen molar-refractivity contribution >= 4 is 28.9 Å². The number of nitrogens with zero attached hydrogens (tertiary/aromatic N) is 4. The molecule has 0 spiro atoms. The number of amides is 2. The lowest BCUT2D eigenvalue weighted by molar-refractivity contribution is 0.0547. The summed E-state index contributed by atoms with van der Waals surface area (Å²) in [4.78, 5) is 21.2. The summed E-state index contributed by atoms with van der Waals surface area (Å²) in [7, 11) is 0. The Kier molecular flexibility index (Phi) is 3.70. The zero-order valence-corrected chi connectivity index (χ0v) is 13.8. The fraction of sp³-hybridized carbons (Fsp3) is 0.312. The molecule has 1 aromatic heterocycles. The van der Waals surface area contributed by atoms with Crippen molar-refractivity contribution in [3.05, 3.63) is 42.0 Å². The first kappa shape index (κ1) is 15.1. The van der Waals surface area contributed by atoms with Crippen molar-refractivity contribution < 1.29 is 9.53 Å². The molecule has 1 aromatic carbocycles. The van der Waals surface area contributed by atoms with Gasteiger partial charge in [0.2, 0.25) is 0 Å². The van der Waals surface area contributed by atoms with Gasteiger partial charge < -0.3 is 15.4 Å². The minimum absolute atomic E-state index is 0.0351. The molecule has 0 saturated carbocycles. The average Bonchev–Trinajstić information content (AvgIpc) is 3.05. The molecule has 3 heterocycles. The zero-order valence-electron chi connectivity index (χ0n) is 13.0. The molecule has 24 heavy (non-hydrogen) atoms. The summed E-state index contributed by atoms with van der Waals surface area (Å²) in [5.41, 5.74) is 8.95. The standard InChI is InChI=1S/C16H17N5O2S/c17-15(24)14-13-9-20(16(22)19-5-7-23-8-6-19)11-3-1-2-4-12(11)21(13)10-18-14/h1-4,10H,5-9H2,(H2,17,24). The molecule has 0 atom stereocenters. The second kappa shape index (κ2) is 5.88. The van der Waals surface area contributed by atoms with Crippen LogP contribution in [0.25, 0.3) is 5.69 Å². The third kappa shape index (κ3) is 2.35. The fourth-order valence-corrected chi connectivity index (χ4v) is 3.34.